The Bertz CT molecular complexity index is 398. The second-order valence-corrected chi connectivity index (χ2v) is 5.33. The molecule has 0 heterocycles. The van der Waals surface area contributed by atoms with Crippen molar-refractivity contribution in [3.05, 3.63) is 34.4 Å². The summed E-state index contributed by atoms with van der Waals surface area (Å²) in [6.07, 6.45) is 0.433. The first-order chi connectivity index (χ1) is 7.82. The molecule has 0 bridgehead atoms. The fourth-order valence-electron chi connectivity index (χ4n) is 2.66. The van der Waals surface area contributed by atoms with E-state index in [0.717, 1.165) is 0 Å². The third-order valence-corrected chi connectivity index (χ3v) is 3.33. The van der Waals surface area contributed by atoms with Gasteiger partial charge < -0.3 is 5.73 Å². The molecule has 0 fully saturated rings. The van der Waals surface area contributed by atoms with Crippen LogP contribution in [0, 0.1) is 26.7 Å². The van der Waals surface area contributed by atoms with Crippen LogP contribution in [0.5, 0.6) is 0 Å². The topological polar surface area (TPSA) is 43.1 Å². The molecule has 1 rings (SSSR count). The number of rotatable bonds is 4. The van der Waals surface area contributed by atoms with Crippen LogP contribution in [0.3, 0.4) is 0 Å². The molecule has 2 heteroatoms. The highest BCUT2D eigenvalue weighted by Gasteiger charge is 2.21. The van der Waals surface area contributed by atoms with Crippen LogP contribution in [0.15, 0.2) is 12.1 Å². The Kier molecular flexibility index (Phi) is 4.33. The van der Waals surface area contributed by atoms with Crippen LogP contribution in [-0.4, -0.2) is 5.91 Å². The Morgan fingerprint density at radius 1 is 1.18 bits per heavy atom. The number of hydrogen-bond acceptors (Lipinski definition) is 1. The van der Waals surface area contributed by atoms with Crippen LogP contribution in [-0.2, 0) is 4.79 Å². The zero-order valence-corrected chi connectivity index (χ0v) is 11.5. The van der Waals surface area contributed by atoms with Gasteiger partial charge in [-0.05, 0) is 49.3 Å². The number of aryl methyl sites for hydroxylation is 3. The van der Waals surface area contributed by atoms with Crippen LogP contribution in [0.1, 0.15) is 48.4 Å². The Morgan fingerprint density at radius 3 is 2.00 bits per heavy atom. The lowest BCUT2D eigenvalue weighted by Crippen LogP contribution is -2.20. The maximum absolute atomic E-state index is 11.2. The van der Waals surface area contributed by atoms with Gasteiger partial charge in [0.05, 0.1) is 0 Å². The highest BCUT2D eigenvalue weighted by Crippen LogP contribution is 2.33. The molecule has 0 aliphatic carbocycles. The summed E-state index contributed by atoms with van der Waals surface area (Å²) in [6.45, 7) is 10.6. The van der Waals surface area contributed by atoms with E-state index in [1.54, 1.807) is 0 Å². The highest BCUT2D eigenvalue weighted by atomic mass is 16.1. The molecule has 1 aromatic carbocycles. The lowest BCUT2D eigenvalue weighted by atomic mass is 9.80. The molecule has 2 nitrogen and oxygen atoms in total. The van der Waals surface area contributed by atoms with E-state index in [9.17, 15) is 4.79 Å². The molecule has 94 valence electrons. The number of benzene rings is 1. The van der Waals surface area contributed by atoms with Gasteiger partial charge >= 0.3 is 0 Å². The van der Waals surface area contributed by atoms with Crippen molar-refractivity contribution in [3.8, 4) is 0 Å². The maximum Gasteiger partial charge on any atom is 0.218 e. The number of hydrogen-bond donors (Lipinski definition) is 1. The minimum Gasteiger partial charge on any atom is -0.370 e. The number of amides is 1. The van der Waals surface area contributed by atoms with Crippen molar-refractivity contribution >= 4 is 5.91 Å². The van der Waals surface area contributed by atoms with Crippen molar-refractivity contribution in [3.63, 3.8) is 0 Å². The third kappa shape index (κ3) is 3.32. The number of nitrogens with two attached hydrogens (primary N) is 1. The Hall–Kier alpha value is -1.31. The lowest BCUT2D eigenvalue weighted by Gasteiger charge is -2.24. The molecule has 0 aliphatic heterocycles. The summed E-state index contributed by atoms with van der Waals surface area (Å²) in [4.78, 5) is 11.2. The molecule has 1 atom stereocenters. The Labute approximate surface area is 104 Å². The van der Waals surface area contributed by atoms with E-state index >= 15 is 0 Å². The number of primary amides is 1. The predicted octanol–water partition coefficient (Wildman–Crippen LogP) is 3.23. The van der Waals surface area contributed by atoms with Crippen LogP contribution in [0.25, 0.3) is 0 Å². The van der Waals surface area contributed by atoms with Crippen molar-refractivity contribution in [2.45, 2.75) is 47.0 Å². The molecular weight excluding hydrogens is 210 g/mol. The first-order valence-corrected chi connectivity index (χ1v) is 6.19. The molecule has 0 aliphatic rings. The van der Waals surface area contributed by atoms with Crippen molar-refractivity contribution in [2.75, 3.05) is 0 Å². The zero-order chi connectivity index (χ0) is 13.2. The second kappa shape index (κ2) is 5.35. The van der Waals surface area contributed by atoms with Crippen molar-refractivity contribution < 1.29 is 4.79 Å². The van der Waals surface area contributed by atoms with Crippen LogP contribution in [0.4, 0.5) is 0 Å². The van der Waals surface area contributed by atoms with E-state index in [1.165, 1.54) is 22.3 Å². The SMILES string of the molecule is Cc1cc(C)c(C(CC(N)=O)C(C)C)c(C)c1. The summed E-state index contributed by atoms with van der Waals surface area (Å²) in [5.74, 6) is 0.429. The first kappa shape index (κ1) is 13.8. The fourth-order valence-corrected chi connectivity index (χ4v) is 2.66. The normalized spacial score (nSPS) is 12.8. The Morgan fingerprint density at radius 2 is 1.65 bits per heavy atom. The molecular formula is C15H23NO. The van der Waals surface area contributed by atoms with E-state index in [-0.39, 0.29) is 11.8 Å². The quantitative estimate of drug-likeness (QED) is 0.852. The highest BCUT2D eigenvalue weighted by molar-refractivity contribution is 5.75. The van der Waals surface area contributed by atoms with Gasteiger partial charge in [0, 0.05) is 6.42 Å². The zero-order valence-electron chi connectivity index (χ0n) is 11.5. The average molecular weight is 233 g/mol. The van der Waals surface area contributed by atoms with Gasteiger partial charge in [0.25, 0.3) is 0 Å². The van der Waals surface area contributed by atoms with Crippen molar-refractivity contribution in [1.82, 2.24) is 0 Å². The molecule has 0 saturated carbocycles. The summed E-state index contributed by atoms with van der Waals surface area (Å²) >= 11 is 0. The van der Waals surface area contributed by atoms with Gasteiger partial charge in [-0.2, -0.15) is 0 Å². The maximum atomic E-state index is 11.2. The fraction of sp³-hybridized carbons (Fsp3) is 0.533. The van der Waals surface area contributed by atoms with E-state index in [0.29, 0.717) is 12.3 Å². The van der Waals surface area contributed by atoms with E-state index in [4.69, 9.17) is 5.73 Å². The van der Waals surface area contributed by atoms with Gasteiger partial charge in [-0.25, -0.2) is 0 Å². The molecule has 0 saturated heterocycles. The van der Waals surface area contributed by atoms with Crippen LogP contribution in [0.2, 0.25) is 0 Å². The number of carbonyl (C=O) groups is 1. The Balaban J connectivity index is 3.23. The third-order valence-electron chi connectivity index (χ3n) is 3.33. The molecule has 1 aromatic rings. The summed E-state index contributed by atoms with van der Waals surface area (Å²) < 4.78 is 0. The molecule has 0 spiro atoms. The lowest BCUT2D eigenvalue weighted by molar-refractivity contribution is -0.118. The minimum absolute atomic E-state index is 0.219. The molecule has 2 N–H and O–H groups in total. The van der Waals surface area contributed by atoms with E-state index in [1.807, 2.05) is 0 Å². The smallest absolute Gasteiger partial charge is 0.218 e. The average Bonchev–Trinajstić information content (AvgIpc) is 2.13. The molecule has 17 heavy (non-hydrogen) atoms. The van der Waals surface area contributed by atoms with E-state index < -0.39 is 0 Å². The van der Waals surface area contributed by atoms with Gasteiger partial charge in [0.2, 0.25) is 5.91 Å². The standard InChI is InChI=1S/C15H23NO/c1-9(2)13(8-14(16)17)15-11(4)6-10(3)7-12(15)5/h6-7,9,13H,8H2,1-5H3,(H2,16,17). The summed E-state index contributed by atoms with van der Waals surface area (Å²) in [5.41, 5.74) is 10.5. The summed E-state index contributed by atoms with van der Waals surface area (Å²) in [7, 11) is 0. The predicted molar refractivity (Wildman–Crippen MR) is 72.0 cm³/mol. The van der Waals surface area contributed by atoms with Gasteiger partial charge in [0.15, 0.2) is 0 Å². The first-order valence-electron chi connectivity index (χ1n) is 6.19. The van der Waals surface area contributed by atoms with Crippen LogP contribution < -0.4 is 5.73 Å². The van der Waals surface area contributed by atoms with E-state index in [2.05, 4.69) is 46.8 Å². The minimum atomic E-state index is -0.219. The van der Waals surface area contributed by atoms with Crippen LogP contribution >= 0.6 is 0 Å². The van der Waals surface area contributed by atoms with Gasteiger partial charge in [-0.3, -0.25) is 4.79 Å². The molecule has 1 unspecified atom stereocenters. The number of carbonyl (C=O) groups excluding carboxylic acids is 1. The summed E-state index contributed by atoms with van der Waals surface area (Å²) in [6, 6.07) is 4.36. The van der Waals surface area contributed by atoms with Crippen molar-refractivity contribution in [1.29, 1.82) is 0 Å². The molecule has 0 aromatic heterocycles. The van der Waals surface area contributed by atoms with Gasteiger partial charge in [-0.1, -0.05) is 31.5 Å². The van der Waals surface area contributed by atoms with Gasteiger partial charge in [0.1, 0.15) is 0 Å². The van der Waals surface area contributed by atoms with Crippen molar-refractivity contribution in [2.24, 2.45) is 11.7 Å². The summed E-state index contributed by atoms with van der Waals surface area (Å²) in [5, 5.41) is 0. The second-order valence-electron chi connectivity index (χ2n) is 5.33. The molecule has 0 radical (unpaired) electrons. The monoisotopic (exact) mass is 233 g/mol. The van der Waals surface area contributed by atoms with Gasteiger partial charge in [-0.15, -0.1) is 0 Å². The molecule has 1 amide bonds. The largest absolute Gasteiger partial charge is 0.370 e.